The molecule has 0 aliphatic carbocycles. The van der Waals surface area contributed by atoms with Gasteiger partial charge in [-0.2, -0.15) is 11.1 Å². The molecule has 0 aromatic heterocycles. The fourth-order valence-corrected chi connectivity index (χ4v) is 3.08. The van der Waals surface area contributed by atoms with Crippen molar-refractivity contribution in [2.75, 3.05) is 26.4 Å². The van der Waals surface area contributed by atoms with Crippen molar-refractivity contribution in [3.63, 3.8) is 0 Å². The molecule has 2 aromatic rings. The lowest BCUT2D eigenvalue weighted by atomic mass is 10.2. The second-order valence-electron chi connectivity index (χ2n) is 12.5. The van der Waals surface area contributed by atoms with Gasteiger partial charge in [-0.05, 0) is 47.4 Å². The first-order valence-corrected chi connectivity index (χ1v) is 20.4. The average Bonchev–Trinajstić information content (AvgIpc) is 2.85. The maximum atomic E-state index is 9.91. The van der Waals surface area contributed by atoms with E-state index in [1.54, 1.807) is 12.1 Å². The third-order valence-electron chi connectivity index (χ3n) is 6.81. The number of rotatable bonds is 10. The normalized spacial score (nSPS) is 13.7. The summed E-state index contributed by atoms with van der Waals surface area (Å²) in [4.78, 5) is 0. The molecular formula is C30H53ClO6Si2. The van der Waals surface area contributed by atoms with Crippen molar-refractivity contribution in [3.8, 4) is 11.5 Å². The molecule has 0 spiro atoms. The van der Waals surface area contributed by atoms with Crippen LogP contribution in [0.2, 0.25) is 36.3 Å². The Morgan fingerprint density at radius 1 is 0.667 bits per heavy atom. The summed E-state index contributed by atoms with van der Waals surface area (Å²) in [5, 5.41) is 27.8. The zero-order chi connectivity index (χ0) is 30.3. The van der Waals surface area contributed by atoms with Gasteiger partial charge < -0.3 is 29.2 Å². The Balaban J connectivity index is 0.000000616. The summed E-state index contributed by atoms with van der Waals surface area (Å²) in [5.41, 5.74) is 0. The monoisotopic (exact) mass is 600 g/mol. The van der Waals surface area contributed by atoms with Crippen LogP contribution in [0.3, 0.4) is 0 Å². The van der Waals surface area contributed by atoms with Crippen molar-refractivity contribution in [3.05, 3.63) is 60.7 Å². The van der Waals surface area contributed by atoms with E-state index >= 15 is 0 Å². The highest BCUT2D eigenvalue weighted by atomic mass is 35.6. The molecule has 2 atom stereocenters. The van der Waals surface area contributed by atoms with Crippen LogP contribution in [0, 0.1) is 0 Å². The van der Waals surface area contributed by atoms with Crippen LogP contribution >= 0.6 is 11.1 Å². The van der Waals surface area contributed by atoms with E-state index in [-0.39, 0.29) is 24.9 Å². The van der Waals surface area contributed by atoms with E-state index in [0.717, 1.165) is 5.75 Å². The highest BCUT2D eigenvalue weighted by Gasteiger charge is 2.37. The summed E-state index contributed by atoms with van der Waals surface area (Å²) >= 11 is 6.15. The van der Waals surface area contributed by atoms with Gasteiger partial charge in [0.1, 0.15) is 36.9 Å². The van der Waals surface area contributed by atoms with E-state index in [2.05, 4.69) is 67.7 Å². The number of ether oxygens (including phenoxy) is 2. The molecule has 0 saturated heterocycles. The van der Waals surface area contributed by atoms with E-state index in [9.17, 15) is 5.11 Å². The Labute approximate surface area is 244 Å². The predicted molar refractivity (Wildman–Crippen MR) is 169 cm³/mol. The predicted octanol–water partition coefficient (Wildman–Crippen LogP) is 7.10. The molecule has 0 aliphatic rings. The summed E-state index contributed by atoms with van der Waals surface area (Å²) < 4.78 is 16.6. The minimum atomic E-state index is -1.79. The van der Waals surface area contributed by atoms with Gasteiger partial charge in [-0.3, -0.25) is 0 Å². The van der Waals surface area contributed by atoms with E-state index in [1.807, 2.05) is 48.5 Å². The molecule has 0 amide bonds. The Morgan fingerprint density at radius 2 is 1.03 bits per heavy atom. The van der Waals surface area contributed by atoms with Gasteiger partial charge in [-0.1, -0.05) is 91.0 Å². The van der Waals surface area contributed by atoms with Crippen molar-refractivity contribution in [2.45, 2.75) is 90.0 Å². The quantitative estimate of drug-likeness (QED) is 0.199. The van der Waals surface area contributed by atoms with E-state index in [0.29, 0.717) is 17.4 Å². The van der Waals surface area contributed by atoms with Gasteiger partial charge in [0.05, 0.1) is 13.2 Å². The number of hydrogen-bond acceptors (Lipinski definition) is 6. The average molecular weight is 601 g/mol. The highest BCUT2D eigenvalue weighted by molar-refractivity contribution is 7.20. The maximum absolute atomic E-state index is 9.91. The number of benzene rings is 2. The van der Waals surface area contributed by atoms with Crippen molar-refractivity contribution in [1.29, 1.82) is 0 Å². The topological polar surface area (TPSA) is 88.4 Å². The van der Waals surface area contributed by atoms with E-state index in [1.165, 1.54) is 0 Å². The van der Waals surface area contributed by atoms with Crippen LogP contribution < -0.4 is 9.47 Å². The molecule has 0 heterocycles. The smallest absolute Gasteiger partial charge is 0.192 e. The molecule has 0 radical (unpaired) electrons. The number of para-hydroxylation sites is 2. The highest BCUT2D eigenvalue weighted by Crippen LogP contribution is 2.38. The molecule has 39 heavy (non-hydrogen) atoms. The summed E-state index contributed by atoms with van der Waals surface area (Å²) in [6.07, 6.45) is -1.39. The zero-order valence-electron chi connectivity index (χ0n) is 25.7. The van der Waals surface area contributed by atoms with Crippen LogP contribution in [0.4, 0.5) is 0 Å². The molecule has 6 nitrogen and oxygen atoms in total. The lowest BCUT2D eigenvalue weighted by Crippen LogP contribution is -2.43. The largest absolute Gasteiger partial charge is 0.491 e. The Hall–Kier alpha value is -1.40. The summed E-state index contributed by atoms with van der Waals surface area (Å²) in [5.74, 6) is 1.47. The van der Waals surface area contributed by atoms with Crippen molar-refractivity contribution in [1.82, 2.24) is 0 Å². The van der Waals surface area contributed by atoms with Crippen LogP contribution in [-0.2, 0) is 4.43 Å². The standard InChI is InChI=1S/C15H26O3Si.C9H12O3.C6H15ClSi/c1-15(2,3)19(4,5)18-12-13(16)11-17-14-9-7-6-8-10-14;10-6-8(11)7-12-9-4-2-1-3-5-9;1-6(2,3)8(4,5)7/h6-10,13,16H,11-12H2,1-5H3;1-5,8,10-11H,6-7H2;1-5H3. The minimum absolute atomic E-state index is 0.126. The minimum Gasteiger partial charge on any atom is -0.491 e. The molecule has 2 unspecified atom stereocenters. The molecule has 2 rings (SSSR count). The van der Waals surface area contributed by atoms with E-state index < -0.39 is 27.9 Å². The number of halogens is 1. The van der Waals surface area contributed by atoms with Gasteiger partial charge in [0.2, 0.25) is 0 Å². The first-order valence-electron chi connectivity index (χ1n) is 13.5. The Morgan fingerprint density at radius 3 is 1.33 bits per heavy atom. The van der Waals surface area contributed by atoms with Gasteiger partial charge >= 0.3 is 0 Å². The number of aliphatic hydroxyl groups is 3. The molecule has 0 saturated carbocycles. The SMILES string of the molecule is CC(C)(C)[Si](C)(C)Cl.CC(C)(C)[Si](C)(C)OCC(O)COc1ccccc1.OCC(O)COc1ccccc1. The second kappa shape index (κ2) is 17.4. The Bertz CT molecular complexity index is 866. The van der Waals surface area contributed by atoms with Crippen LogP contribution in [0.1, 0.15) is 41.5 Å². The van der Waals surface area contributed by atoms with Crippen molar-refractivity contribution < 1.29 is 29.2 Å². The summed E-state index contributed by atoms with van der Waals surface area (Å²) in [7, 11) is -3.18. The maximum Gasteiger partial charge on any atom is 0.192 e. The molecule has 224 valence electrons. The zero-order valence-corrected chi connectivity index (χ0v) is 28.5. The molecule has 2 aromatic carbocycles. The van der Waals surface area contributed by atoms with Crippen LogP contribution in [0.15, 0.2) is 60.7 Å². The van der Waals surface area contributed by atoms with Crippen LogP contribution in [-0.4, -0.2) is 69.7 Å². The lowest BCUT2D eigenvalue weighted by Gasteiger charge is -2.36. The van der Waals surface area contributed by atoms with E-state index in [4.69, 9.17) is 35.2 Å². The van der Waals surface area contributed by atoms with Gasteiger partial charge in [0, 0.05) is 0 Å². The lowest BCUT2D eigenvalue weighted by molar-refractivity contribution is 0.0536. The van der Waals surface area contributed by atoms with Gasteiger partial charge in [0.15, 0.2) is 15.7 Å². The third-order valence-corrected chi connectivity index (χ3v) is 16.6. The molecule has 3 N–H and O–H groups in total. The third kappa shape index (κ3) is 17.1. The summed E-state index contributed by atoms with van der Waals surface area (Å²) in [6, 6.07) is 18.7. The van der Waals surface area contributed by atoms with Crippen molar-refractivity contribution >= 4 is 26.8 Å². The Kier molecular flexibility index (Phi) is 16.8. The molecular weight excluding hydrogens is 548 g/mol. The second-order valence-corrected chi connectivity index (χ2v) is 24.6. The molecule has 0 fully saturated rings. The van der Waals surface area contributed by atoms with Crippen LogP contribution in [0.25, 0.3) is 0 Å². The molecule has 0 bridgehead atoms. The molecule has 0 aliphatic heterocycles. The van der Waals surface area contributed by atoms with Gasteiger partial charge in [-0.15, -0.1) is 0 Å². The number of aliphatic hydroxyl groups excluding tert-OH is 3. The molecule has 9 heteroatoms. The van der Waals surface area contributed by atoms with Gasteiger partial charge in [-0.25, -0.2) is 0 Å². The van der Waals surface area contributed by atoms with Crippen molar-refractivity contribution in [2.24, 2.45) is 0 Å². The first kappa shape index (κ1) is 37.6. The fraction of sp³-hybridized carbons (Fsp3) is 0.600. The first-order chi connectivity index (χ1) is 17.8. The van der Waals surface area contributed by atoms with Gasteiger partial charge in [0.25, 0.3) is 0 Å². The fourth-order valence-electron chi connectivity index (χ4n) is 2.04. The number of hydrogen-bond donors (Lipinski definition) is 3. The summed E-state index contributed by atoms with van der Waals surface area (Å²) in [6.45, 7) is 22.3. The van der Waals surface area contributed by atoms with Crippen LogP contribution in [0.5, 0.6) is 11.5 Å².